The van der Waals surface area contributed by atoms with Crippen molar-refractivity contribution in [3.8, 4) is 0 Å². The first-order valence-electron chi connectivity index (χ1n) is 13.7. The van der Waals surface area contributed by atoms with Crippen LogP contribution in [-0.4, -0.2) is 66.0 Å². The molecule has 3 heterocycles. The van der Waals surface area contributed by atoms with Crippen LogP contribution in [0.4, 0.5) is 5.69 Å². The first kappa shape index (κ1) is 29.2. The van der Waals surface area contributed by atoms with Crippen LogP contribution in [-0.2, 0) is 31.4 Å². The zero-order chi connectivity index (χ0) is 30.1. The molecule has 0 saturated carbocycles. The Morgan fingerprint density at radius 1 is 0.884 bits per heavy atom. The van der Waals surface area contributed by atoms with Crippen molar-refractivity contribution in [1.82, 2.24) is 9.80 Å². The molecule has 4 atom stereocenters. The fourth-order valence-corrected chi connectivity index (χ4v) is 13.3. The zero-order valence-corrected chi connectivity index (χ0v) is 27.8. The lowest BCUT2D eigenvalue weighted by atomic mass is 9.70. The van der Waals surface area contributed by atoms with Crippen LogP contribution >= 0.6 is 43.2 Å². The Balaban J connectivity index is 1.57. The first-order chi connectivity index (χ1) is 20.7. The first-order valence-corrected chi connectivity index (χ1v) is 20.4. The molecule has 0 aromatic heterocycles. The minimum absolute atomic E-state index is 0.138. The van der Waals surface area contributed by atoms with Crippen molar-refractivity contribution in [3.63, 3.8) is 0 Å². The summed E-state index contributed by atoms with van der Waals surface area (Å²) in [6, 6.07) is 24.1. The predicted octanol–water partition coefficient (Wildman–Crippen LogP) is 5.85. The number of hydrogen-bond donors (Lipinski definition) is 0. The summed E-state index contributed by atoms with van der Waals surface area (Å²) in [6.45, 7) is 0. The number of sulfonamides is 1. The summed E-state index contributed by atoms with van der Waals surface area (Å²) in [5.41, 5.74) is 3.52. The van der Waals surface area contributed by atoms with Crippen LogP contribution in [0.5, 0.6) is 0 Å². The van der Waals surface area contributed by atoms with Crippen molar-refractivity contribution in [3.05, 3.63) is 102 Å². The molecule has 4 aliphatic rings. The van der Waals surface area contributed by atoms with Gasteiger partial charge < -0.3 is 4.90 Å². The molecule has 2 saturated heterocycles. The van der Waals surface area contributed by atoms with Gasteiger partial charge in [0, 0.05) is 13.5 Å². The summed E-state index contributed by atoms with van der Waals surface area (Å²) in [4.78, 5) is 31.4. The Bertz CT molecular complexity index is 1780. The second kappa shape index (κ2) is 10.5. The third kappa shape index (κ3) is 3.89. The van der Waals surface area contributed by atoms with Gasteiger partial charge in [0.25, 0.3) is 21.8 Å². The molecular formula is C31H29N3O4S5. The molecule has 3 aromatic carbocycles. The SMILES string of the molecule is CSS[C@H]1C(=O)N2[C@H]3N(S(=O)(=O)c4ccccc4)c4ccccc4[C@@]3(C3=CCc4ccccc43)C[C@]2(SSC)C(=O)N1C. The highest BCUT2D eigenvalue weighted by Crippen LogP contribution is 2.68. The van der Waals surface area contributed by atoms with Crippen LogP contribution in [0.15, 0.2) is 89.8 Å². The van der Waals surface area contributed by atoms with Crippen LogP contribution < -0.4 is 4.31 Å². The third-order valence-corrected chi connectivity index (χ3v) is 15.0. The van der Waals surface area contributed by atoms with E-state index in [9.17, 15) is 18.0 Å². The van der Waals surface area contributed by atoms with E-state index in [0.29, 0.717) is 12.1 Å². The molecule has 3 aromatic rings. The maximum atomic E-state index is 14.8. The molecule has 43 heavy (non-hydrogen) atoms. The Morgan fingerprint density at radius 2 is 1.58 bits per heavy atom. The van der Waals surface area contributed by atoms with Crippen LogP contribution in [0.25, 0.3) is 5.57 Å². The number of carbonyl (C=O) groups is 2. The van der Waals surface area contributed by atoms with Crippen molar-refractivity contribution in [2.75, 3.05) is 23.9 Å². The number of benzene rings is 3. The number of rotatable bonds is 7. The molecule has 0 N–H and O–H groups in total. The van der Waals surface area contributed by atoms with E-state index in [0.717, 1.165) is 22.3 Å². The standard InChI is InChI=1S/C31H29N3O4S5/c1-32-27(41-39-2)26(35)33-28-30(19-31(33,29(32)36)42-40-3,23-18-17-20-11-7-8-14-22(20)23)24-15-9-10-16-25(24)34(28)43(37,38)21-12-5-4-6-13-21/h4-16,18,27-28H,17,19H2,1-3H3/t27-,28-,30-,31-/m0/s1. The molecule has 1 aliphatic carbocycles. The largest absolute Gasteiger partial charge is 0.322 e. The van der Waals surface area contributed by atoms with Gasteiger partial charge in [-0.25, -0.2) is 12.7 Å². The fourth-order valence-electron chi connectivity index (χ4n) is 7.32. The Kier molecular flexibility index (Phi) is 7.16. The number of hydrogen-bond acceptors (Lipinski definition) is 8. The normalized spacial score (nSPS) is 27.6. The smallest absolute Gasteiger partial charge is 0.266 e. The highest BCUT2D eigenvalue weighted by Gasteiger charge is 2.75. The minimum atomic E-state index is -4.17. The summed E-state index contributed by atoms with van der Waals surface area (Å²) in [5.74, 6) is -0.448. The highest BCUT2D eigenvalue weighted by molar-refractivity contribution is 8.77. The second-order valence-corrected chi connectivity index (χ2v) is 17.9. The molecule has 0 bridgehead atoms. The summed E-state index contributed by atoms with van der Waals surface area (Å²) >= 11 is 0. The molecule has 0 spiro atoms. The van der Waals surface area contributed by atoms with Crippen LogP contribution in [0.1, 0.15) is 23.1 Å². The molecule has 0 radical (unpaired) electrons. The lowest BCUT2D eigenvalue weighted by molar-refractivity contribution is -0.157. The van der Waals surface area contributed by atoms with Crippen molar-refractivity contribution < 1.29 is 18.0 Å². The van der Waals surface area contributed by atoms with Gasteiger partial charge in [-0.3, -0.25) is 14.5 Å². The highest BCUT2D eigenvalue weighted by atomic mass is 33.1. The fraction of sp³-hybridized carbons (Fsp3) is 0.290. The van der Waals surface area contributed by atoms with E-state index in [1.165, 1.54) is 47.5 Å². The molecule has 12 heteroatoms. The lowest BCUT2D eigenvalue weighted by Crippen LogP contribution is -2.69. The number of piperazine rings is 1. The van der Waals surface area contributed by atoms with Gasteiger partial charge in [0.2, 0.25) is 0 Å². The monoisotopic (exact) mass is 667 g/mol. The number of allylic oxidation sites excluding steroid dienone is 1. The van der Waals surface area contributed by atoms with Crippen LogP contribution in [0.2, 0.25) is 0 Å². The molecule has 3 aliphatic heterocycles. The molecule has 7 nitrogen and oxygen atoms in total. The van der Waals surface area contributed by atoms with Crippen molar-refractivity contribution in [1.29, 1.82) is 0 Å². The summed E-state index contributed by atoms with van der Waals surface area (Å²) < 4.78 is 31.0. The number of amides is 2. The molecule has 222 valence electrons. The van der Waals surface area contributed by atoms with Gasteiger partial charge in [-0.2, -0.15) is 0 Å². The van der Waals surface area contributed by atoms with E-state index in [4.69, 9.17) is 0 Å². The number of carbonyl (C=O) groups excluding carboxylic acids is 2. The van der Waals surface area contributed by atoms with E-state index < -0.39 is 31.8 Å². The van der Waals surface area contributed by atoms with Gasteiger partial charge in [-0.1, -0.05) is 110 Å². The average Bonchev–Trinajstić information content (AvgIpc) is 3.66. The van der Waals surface area contributed by atoms with Gasteiger partial charge in [0.1, 0.15) is 6.17 Å². The van der Waals surface area contributed by atoms with E-state index >= 15 is 0 Å². The zero-order valence-electron chi connectivity index (χ0n) is 23.7. The topological polar surface area (TPSA) is 78.0 Å². The van der Waals surface area contributed by atoms with Crippen LogP contribution in [0.3, 0.4) is 0 Å². The minimum Gasteiger partial charge on any atom is -0.322 e. The maximum Gasteiger partial charge on any atom is 0.266 e. The predicted molar refractivity (Wildman–Crippen MR) is 179 cm³/mol. The van der Waals surface area contributed by atoms with E-state index in [2.05, 4.69) is 18.2 Å². The van der Waals surface area contributed by atoms with Crippen molar-refractivity contribution >= 4 is 76.3 Å². The Labute approximate surface area is 267 Å². The van der Waals surface area contributed by atoms with Crippen molar-refractivity contribution in [2.45, 2.75) is 39.6 Å². The quantitative estimate of drug-likeness (QED) is 0.291. The summed E-state index contributed by atoms with van der Waals surface area (Å²) in [6.07, 6.45) is 5.91. The van der Waals surface area contributed by atoms with Crippen LogP contribution in [0, 0.1) is 0 Å². The number of fused-ring (bicyclic) bond motifs is 6. The van der Waals surface area contributed by atoms with E-state index in [1.54, 1.807) is 47.2 Å². The molecule has 7 rings (SSSR count). The number of para-hydroxylation sites is 1. The number of likely N-dealkylation sites (N-methyl/N-ethyl adjacent to an activating group) is 1. The van der Waals surface area contributed by atoms with Gasteiger partial charge in [0.05, 0.1) is 16.0 Å². The summed E-state index contributed by atoms with van der Waals surface area (Å²) in [7, 11) is 3.02. The number of nitrogens with zero attached hydrogens (tertiary/aromatic N) is 3. The molecule has 2 amide bonds. The molecular weight excluding hydrogens is 639 g/mol. The van der Waals surface area contributed by atoms with E-state index in [1.807, 2.05) is 48.9 Å². The number of anilines is 1. The Morgan fingerprint density at radius 3 is 2.33 bits per heavy atom. The Hall–Kier alpha value is -2.51. The average molecular weight is 668 g/mol. The second-order valence-electron chi connectivity index (χ2n) is 10.9. The maximum absolute atomic E-state index is 14.8. The lowest BCUT2D eigenvalue weighted by Gasteiger charge is -2.49. The van der Waals surface area contributed by atoms with Gasteiger partial charge in [-0.15, -0.1) is 0 Å². The van der Waals surface area contributed by atoms with Gasteiger partial charge in [-0.05, 0) is 59.4 Å². The van der Waals surface area contributed by atoms with E-state index in [-0.39, 0.29) is 23.1 Å². The van der Waals surface area contributed by atoms with Gasteiger partial charge >= 0.3 is 0 Å². The molecule has 2 fully saturated rings. The molecule has 0 unspecified atom stereocenters. The third-order valence-electron chi connectivity index (χ3n) is 8.91. The summed E-state index contributed by atoms with van der Waals surface area (Å²) in [5, 5.41) is -0.788. The van der Waals surface area contributed by atoms with Gasteiger partial charge in [0.15, 0.2) is 10.2 Å². The van der Waals surface area contributed by atoms with Crippen molar-refractivity contribution in [2.24, 2.45) is 0 Å².